The Morgan fingerprint density at radius 2 is 2.04 bits per heavy atom. The molecule has 1 fully saturated rings. The minimum absolute atomic E-state index is 0.0337. The van der Waals surface area contributed by atoms with E-state index in [9.17, 15) is 23.9 Å². The van der Waals surface area contributed by atoms with Crippen LogP contribution in [0.1, 0.15) is 24.6 Å². The van der Waals surface area contributed by atoms with E-state index in [1.807, 2.05) is 4.98 Å². The SMILES string of the molecule is O=c1[nH]c(=O)n(C2CCC(CO[P+](O)(O)OP(=O)(O)O)O2)cc1CO. The fraction of sp³-hybridized carbons (Fsp3) is 0.600. The van der Waals surface area contributed by atoms with E-state index in [4.69, 9.17) is 19.6 Å². The standard InChI is InChI=1S/C10H16N2O11P2/c13-4-6-3-12(10(15)11-9(6)14)8-2-1-7(22-8)5-21-25(19,20)23-24(16,17)18/h3,7-8,13,19-20H,1-2,4-5H2,(H2-,11,14,15,16,17,18)/p+1. The van der Waals surface area contributed by atoms with Gasteiger partial charge in [-0.25, -0.2) is 9.36 Å². The lowest BCUT2D eigenvalue weighted by molar-refractivity contribution is -0.0273. The highest BCUT2D eigenvalue weighted by Gasteiger charge is 2.48. The predicted octanol–water partition coefficient (Wildman–Crippen LogP) is -1.51. The lowest BCUT2D eigenvalue weighted by Crippen LogP contribution is -2.34. The second-order valence-corrected chi connectivity index (χ2v) is 8.00. The van der Waals surface area contributed by atoms with Crippen molar-refractivity contribution in [2.24, 2.45) is 0 Å². The summed E-state index contributed by atoms with van der Waals surface area (Å²) in [5.74, 6) is 0. The molecule has 1 aromatic rings. The third kappa shape index (κ3) is 5.76. The number of hydrogen-bond acceptors (Lipinski definition) is 9. The fourth-order valence-electron chi connectivity index (χ4n) is 2.21. The van der Waals surface area contributed by atoms with Crippen LogP contribution in [0.4, 0.5) is 0 Å². The fourth-order valence-corrected chi connectivity index (χ4v) is 3.87. The van der Waals surface area contributed by atoms with Crippen molar-refractivity contribution in [2.75, 3.05) is 6.61 Å². The number of nitrogens with one attached hydrogen (secondary N) is 1. The van der Waals surface area contributed by atoms with Crippen LogP contribution in [0.15, 0.2) is 15.8 Å². The van der Waals surface area contributed by atoms with Crippen molar-refractivity contribution in [1.29, 1.82) is 0 Å². The second-order valence-electron chi connectivity index (χ2n) is 5.13. The molecule has 1 aromatic heterocycles. The van der Waals surface area contributed by atoms with Gasteiger partial charge in [-0.2, -0.15) is 14.3 Å². The highest BCUT2D eigenvalue weighted by Crippen LogP contribution is 2.63. The number of ether oxygens (including phenoxy) is 1. The van der Waals surface area contributed by atoms with Gasteiger partial charge in [0.2, 0.25) is 0 Å². The highest BCUT2D eigenvalue weighted by atomic mass is 31.3. The zero-order valence-corrected chi connectivity index (χ0v) is 14.4. The zero-order valence-electron chi connectivity index (χ0n) is 12.6. The monoisotopic (exact) mass is 403 g/mol. The number of aliphatic hydroxyl groups excluding tert-OH is 1. The van der Waals surface area contributed by atoms with Gasteiger partial charge in [-0.15, -0.1) is 0 Å². The molecule has 2 unspecified atom stereocenters. The van der Waals surface area contributed by atoms with Crippen LogP contribution in [0.5, 0.6) is 0 Å². The second kappa shape index (κ2) is 7.72. The number of hydrogen-bond donors (Lipinski definition) is 6. The molecule has 142 valence electrons. The summed E-state index contributed by atoms with van der Waals surface area (Å²) in [7, 11) is -9.88. The molecule has 0 aliphatic carbocycles. The molecule has 6 N–H and O–H groups in total. The number of H-pyrrole nitrogens is 1. The van der Waals surface area contributed by atoms with Crippen LogP contribution in [-0.2, 0) is 24.7 Å². The molecular weight excluding hydrogens is 386 g/mol. The summed E-state index contributed by atoms with van der Waals surface area (Å²) in [6, 6.07) is 0. The number of nitrogens with zero attached hydrogens (tertiary/aromatic N) is 1. The van der Waals surface area contributed by atoms with Crippen molar-refractivity contribution in [3.8, 4) is 0 Å². The molecule has 1 aliphatic rings. The van der Waals surface area contributed by atoms with Gasteiger partial charge in [-0.05, 0) is 17.2 Å². The molecular formula is C10H17N2O11P2+. The van der Waals surface area contributed by atoms with Gasteiger partial charge in [0.05, 0.1) is 18.3 Å². The van der Waals surface area contributed by atoms with Gasteiger partial charge in [-0.3, -0.25) is 14.3 Å². The zero-order chi connectivity index (χ0) is 18.8. The molecule has 0 bridgehead atoms. The van der Waals surface area contributed by atoms with Crippen LogP contribution >= 0.6 is 16.0 Å². The Morgan fingerprint density at radius 3 is 2.64 bits per heavy atom. The third-order valence-electron chi connectivity index (χ3n) is 3.25. The maximum absolute atomic E-state index is 11.8. The Kier molecular flexibility index (Phi) is 6.28. The lowest BCUT2D eigenvalue weighted by atomic mass is 10.2. The smallest absolute Gasteiger partial charge is 0.391 e. The van der Waals surface area contributed by atoms with Crippen LogP contribution in [-0.4, -0.2) is 46.9 Å². The molecule has 0 aromatic carbocycles. The number of phosphoric acid groups is 1. The van der Waals surface area contributed by atoms with E-state index < -0.39 is 52.8 Å². The molecule has 1 aliphatic heterocycles. The molecule has 25 heavy (non-hydrogen) atoms. The molecule has 1 saturated heterocycles. The van der Waals surface area contributed by atoms with E-state index in [1.54, 1.807) is 0 Å². The van der Waals surface area contributed by atoms with Crippen LogP contribution < -0.4 is 11.2 Å². The number of aromatic nitrogens is 2. The largest absolute Gasteiger partial charge is 0.580 e. The van der Waals surface area contributed by atoms with Gasteiger partial charge in [-0.1, -0.05) is 0 Å². The van der Waals surface area contributed by atoms with Crippen molar-refractivity contribution >= 4 is 16.0 Å². The van der Waals surface area contributed by atoms with Crippen LogP contribution in [0, 0.1) is 0 Å². The van der Waals surface area contributed by atoms with Gasteiger partial charge in [0.25, 0.3) is 5.56 Å². The topological polar surface area (TPSA) is 201 Å². The number of aromatic amines is 1. The Labute approximate surface area is 140 Å². The first-order valence-corrected chi connectivity index (χ1v) is 9.93. The number of rotatable bonds is 7. The van der Waals surface area contributed by atoms with E-state index in [2.05, 4.69) is 8.83 Å². The summed E-state index contributed by atoms with van der Waals surface area (Å²) in [4.78, 5) is 60.9. The molecule has 2 rings (SSSR count). The summed E-state index contributed by atoms with van der Waals surface area (Å²) in [5.41, 5.74) is -1.50. The highest BCUT2D eigenvalue weighted by molar-refractivity contribution is 7.64. The minimum Gasteiger partial charge on any atom is -0.391 e. The van der Waals surface area contributed by atoms with Crippen LogP contribution in [0.3, 0.4) is 0 Å². The first kappa shape index (κ1) is 20.3. The Bertz CT molecular complexity index is 769. The van der Waals surface area contributed by atoms with Gasteiger partial charge < -0.3 is 19.6 Å². The summed E-state index contributed by atoms with van der Waals surface area (Å²) < 4.78 is 25.4. The third-order valence-corrected chi connectivity index (χ3v) is 5.44. The first-order chi connectivity index (χ1) is 11.5. The Morgan fingerprint density at radius 1 is 1.36 bits per heavy atom. The van der Waals surface area contributed by atoms with E-state index in [0.29, 0.717) is 12.8 Å². The minimum atomic E-state index is -5.15. The summed E-state index contributed by atoms with van der Waals surface area (Å²) in [6.45, 7) is -1.03. The average Bonchev–Trinajstić information content (AvgIpc) is 2.92. The summed E-state index contributed by atoms with van der Waals surface area (Å²) >= 11 is 0. The molecule has 13 nitrogen and oxygen atoms in total. The summed E-state index contributed by atoms with van der Waals surface area (Å²) in [5, 5.41) is 9.07. The van der Waals surface area contributed by atoms with Crippen molar-refractivity contribution in [3.05, 3.63) is 32.6 Å². The van der Waals surface area contributed by atoms with Crippen LogP contribution in [0.25, 0.3) is 0 Å². The van der Waals surface area contributed by atoms with E-state index in [1.165, 1.54) is 0 Å². The molecule has 0 saturated carbocycles. The lowest BCUT2D eigenvalue weighted by Gasteiger charge is -2.16. The Hall–Kier alpha value is -0.980. The van der Waals surface area contributed by atoms with E-state index >= 15 is 0 Å². The van der Waals surface area contributed by atoms with Crippen LogP contribution in [0.2, 0.25) is 0 Å². The van der Waals surface area contributed by atoms with Crippen molar-refractivity contribution in [1.82, 2.24) is 9.55 Å². The molecule has 0 amide bonds. The predicted molar refractivity (Wildman–Crippen MR) is 80.8 cm³/mol. The molecule has 0 spiro atoms. The van der Waals surface area contributed by atoms with Crippen molar-refractivity contribution in [2.45, 2.75) is 31.8 Å². The summed E-state index contributed by atoms with van der Waals surface area (Å²) in [6.07, 6.45) is 0.269. The maximum Gasteiger partial charge on any atom is 0.580 e. The molecule has 2 heterocycles. The van der Waals surface area contributed by atoms with Gasteiger partial charge in [0.15, 0.2) is 0 Å². The van der Waals surface area contributed by atoms with Gasteiger partial charge >= 0.3 is 21.7 Å². The normalized spacial score (nSPS) is 21.6. The van der Waals surface area contributed by atoms with Crippen molar-refractivity contribution in [3.63, 3.8) is 0 Å². The average molecular weight is 403 g/mol. The maximum atomic E-state index is 11.8. The number of aliphatic hydroxyl groups is 1. The van der Waals surface area contributed by atoms with Gasteiger partial charge in [0, 0.05) is 6.20 Å². The van der Waals surface area contributed by atoms with Gasteiger partial charge in [0.1, 0.15) is 12.8 Å². The van der Waals surface area contributed by atoms with E-state index in [-0.39, 0.29) is 5.56 Å². The Balaban J connectivity index is 1.99. The quantitative estimate of drug-likeness (QED) is 0.289. The molecule has 2 atom stereocenters. The van der Waals surface area contributed by atoms with E-state index in [0.717, 1.165) is 10.8 Å². The molecule has 0 radical (unpaired) electrons. The molecule has 15 heteroatoms. The van der Waals surface area contributed by atoms with Crippen molar-refractivity contribution < 1.29 is 42.8 Å². The first-order valence-electron chi connectivity index (χ1n) is 6.87.